The molecule has 17 heavy (non-hydrogen) atoms. The van der Waals surface area contributed by atoms with Crippen molar-refractivity contribution in [3.05, 3.63) is 33.8 Å². The summed E-state index contributed by atoms with van der Waals surface area (Å²) >= 11 is 2.90. The van der Waals surface area contributed by atoms with Gasteiger partial charge in [-0.3, -0.25) is 0 Å². The molecular formula is C11H14BrF3N2. The summed E-state index contributed by atoms with van der Waals surface area (Å²) in [7, 11) is 0. The van der Waals surface area contributed by atoms with E-state index in [-0.39, 0.29) is 10.5 Å². The number of rotatable bonds is 4. The third-order valence-electron chi connectivity index (χ3n) is 2.34. The highest BCUT2D eigenvalue weighted by molar-refractivity contribution is 9.10. The standard InChI is InChI=1S/C11H14BrF3N2/c1-7(5-16)17-6-8-2-3-10(12)9(4-8)11(13,14)15/h2-4,7,17H,5-6,16H2,1H3/t7-/m1/s1. The van der Waals surface area contributed by atoms with Crippen LogP contribution in [0.2, 0.25) is 0 Å². The van der Waals surface area contributed by atoms with E-state index < -0.39 is 11.7 Å². The molecule has 0 fully saturated rings. The van der Waals surface area contributed by atoms with Crippen LogP contribution >= 0.6 is 15.9 Å². The first kappa shape index (κ1) is 14.5. The molecule has 2 nitrogen and oxygen atoms in total. The second-order valence-corrected chi connectivity index (χ2v) is 4.68. The molecule has 0 aliphatic heterocycles. The molecule has 1 atom stereocenters. The molecule has 1 aromatic rings. The lowest BCUT2D eigenvalue weighted by molar-refractivity contribution is -0.138. The molecule has 0 heterocycles. The minimum absolute atomic E-state index is 0.0561. The summed E-state index contributed by atoms with van der Waals surface area (Å²) in [6.45, 7) is 2.70. The van der Waals surface area contributed by atoms with Crippen molar-refractivity contribution < 1.29 is 13.2 Å². The largest absolute Gasteiger partial charge is 0.417 e. The van der Waals surface area contributed by atoms with Gasteiger partial charge in [0, 0.05) is 23.6 Å². The zero-order valence-corrected chi connectivity index (χ0v) is 10.9. The zero-order chi connectivity index (χ0) is 13.1. The van der Waals surface area contributed by atoms with Crippen molar-refractivity contribution >= 4 is 15.9 Å². The average Bonchev–Trinajstić information content (AvgIpc) is 2.26. The van der Waals surface area contributed by atoms with Gasteiger partial charge in [-0.25, -0.2) is 0 Å². The first-order chi connectivity index (χ1) is 7.84. The number of nitrogens with two attached hydrogens (primary N) is 1. The second kappa shape index (κ2) is 5.84. The van der Waals surface area contributed by atoms with Crippen LogP contribution in [0, 0.1) is 0 Å². The van der Waals surface area contributed by atoms with E-state index in [2.05, 4.69) is 21.2 Å². The van der Waals surface area contributed by atoms with Gasteiger partial charge in [-0.05, 0) is 24.6 Å². The van der Waals surface area contributed by atoms with Gasteiger partial charge < -0.3 is 11.1 Å². The van der Waals surface area contributed by atoms with Crippen LogP contribution in [0.5, 0.6) is 0 Å². The van der Waals surface area contributed by atoms with Gasteiger partial charge in [0.25, 0.3) is 0 Å². The van der Waals surface area contributed by atoms with Crippen LogP contribution < -0.4 is 11.1 Å². The Morgan fingerprint density at radius 2 is 2.06 bits per heavy atom. The fourth-order valence-corrected chi connectivity index (χ4v) is 1.75. The fraction of sp³-hybridized carbons (Fsp3) is 0.455. The van der Waals surface area contributed by atoms with Crippen LogP contribution in [0.1, 0.15) is 18.1 Å². The van der Waals surface area contributed by atoms with Crippen LogP contribution in [-0.4, -0.2) is 12.6 Å². The molecule has 0 spiro atoms. The molecule has 0 amide bonds. The quantitative estimate of drug-likeness (QED) is 0.897. The SMILES string of the molecule is C[C@H](CN)NCc1ccc(Br)c(C(F)(F)F)c1. The molecule has 0 saturated heterocycles. The van der Waals surface area contributed by atoms with Gasteiger partial charge in [-0.15, -0.1) is 0 Å². The summed E-state index contributed by atoms with van der Waals surface area (Å²) in [6, 6.07) is 4.27. The number of hydrogen-bond acceptors (Lipinski definition) is 2. The van der Waals surface area contributed by atoms with Gasteiger partial charge in [0.1, 0.15) is 0 Å². The van der Waals surface area contributed by atoms with E-state index in [1.54, 1.807) is 6.07 Å². The van der Waals surface area contributed by atoms with Crippen molar-refractivity contribution in [1.82, 2.24) is 5.32 Å². The van der Waals surface area contributed by atoms with Crippen LogP contribution in [0.3, 0.4) is 0 Å². The minimum atomic E-state index is -4.34. The first-order valence-corrected chi connectivity index (χ1v) is 5.93. The van der Waals surface area contributed by atoms with E-state index in [1.807, 2.05) is 6.92 Å². The van der Waals surface area contributed by atoms with E-state index in [0.717, 1.165) is 6.07 Å². The Balaban J connectivity index is 2.82. The summed E-state index contributed by atoms with van der Waals surface area (Å²) in [5.74, 6) is 0. The third-order valence-corrected chi connectivity index (χ3v) is 3.04. The predicted molar refractivity (Wildman–Crippen MR) is 64.5 cm³/mol. The fourth-order valence-electron chi connectivity index (χ4n) is 1.28. The molecule has 96 valence electrons. The molecule has 1 rings (SSSR count). The molecule has 0 radical (unpaired) electrons. The summed E-state index contributed by atoms with van der Waals surface area (Å²) in [4.78, 5) is 0. The average molecular weight is 311 g/mol. The Labute approximate surface area is 107 Å². The monoisotopic (exact) mass is 310 g/mol. The highest BCUT2D eigenvalue weighted by Gasteiger charge is 2.32. The molecule has 6 heteroatoms. The Hall–Kier alpha value is -0.590. The topological polar surface area (TPSA) is 38.0 Å². The van der Waals surface area contributed by atoms with Crippen molar-refractivity contribution in [2.45, 2.75) is 25.7 Å². The van der Waals surface area contributed by atoms with Crippen LogP contribution in [0.4, 0.5) is 13.2 Å². The molecular weight excluding hydrogens is 297 g/mol. The lowest BCUT2D eigenvalue weighted by Crippen LogP contribution is -2.32. The predicted octanol–water partition coefficient (Wildman–Crippen LogP) is 2.90. The van der Waals surface area contributed by atoms with Crippen molar-refractivity contribution in [1.29, 1.82) is 0 Å². The van der Waals surface area contributed by atoms with Gasteiger partial charge in [-0.1, -0.05) is 22.0 Å². The van der Waals surface area contributed by atoms with Crippen LogP contribution in [0.25, 0.3) is 0 Å². The molecule has 0 aliphatic carbocycles. The van der Waals surface area contributed by atoms with E-state index in [4.69, 9.17) is 5.73 Å². The lowest BCUT2D eigenvalue weighted by Gasteiger charge is -2.14. The maximum Gasteiger partial charge on any atom is 0.417 e. The lowest BCUT2D eigenvalue weighted by atomic mass is 10.1. The summed E-state index contributed by atoms with van der Waals surface area (Å²) in [5, 5.41) is 3.04. The first-order valence-electron chi connectivity index (χ1n) is 5.13. The van der Waals surface area contributed by atoms with Crippen molar-refractivity contribution in [3.63, 3.8) is 0 Å². The number of benzene rings is 1. The molecule has 0 unspecified atom stereocenters. The van der Waals surface area contributed by atoms with Gasteiger partial charge in [0.05, 0.1) is 5.56 Å². The highest BCUT2D eigenvalue weighted by Crippen LogP contribution is 2.35. The van der Waals surface area contributed by atoms with Gasteiger partial charge in [0.2, 0.25) is 0 Å². The molecule has 0 aliphatic rings. The van der Waals surface area contributed by atoms with E-state index >= 15 is 0 Å². The Kier molecular flexibility index (Phi) is 4.97. The molecule has 0 aromatic heterocycles. The van der Waals surface area contributed by atoms with E-state index in [0.29, 0.717) is 18.7 Å². The maximum absolute atomic E-state index is 12.6. The number of hydrogen-bond donors (Lipinski definition) is 2. The molecule has 0 saturated carbocycles. The molecule has 3 N–H and O–H groups in total. The van der Waals surface area contributed by atoms with Crippen LogP contribution in [-0.2, 0) is 12.7 Å². The summed E-state index contributed by atoms with van der Waals surface area (Å²) in [5.41, 5.74) is 5.34. The zero-order valence-electron chi connectivity index (χ0n) is 9.31. The van der Waals surface area contributed by atoms with Crippen molar-refractivity contribution in [3.8, 4) is 0 Å². The Morgan fingerprint density at radius 1 is 1.41 bits per heavy atom. The van der Waals surface area contributed by atoms with Gasteiger partial charge in [0.15, 0.2) is 0 Å². The Bertz CT molecular complexity index is 379. The third kappa shape index (κ3) is 4.29. The normalized spacial score (nSPS) is 13.8. The molecule has 1 aromatic carbocycles. The number of nitrogens with one attached hydrogen (secondary N) is 1. The number of halogens is 4. The highest BCUT2D eigenvalue weighted by atomic mass is 79.9. The second-order valence-electron chi connectivity index (χ2n) is 3.83. The van der Waals surface area contributed by atoms with E-state index in [9.17, 15) is 13.2 Å². The Morgan fingerprint density at radius 3 is 2.59 bits per heavy atom. The van der Waals surface area contributed by atoms with Gasteiger partial charge in [-0.2, -0.15) is 13.2 Å². The van der Waals surface area contributed by atoms with Gasteiger partial charge >= 0.3 is 6.18 Å². The van der Waals surface area contributed by atoms with Crippen LogP contribution in [0.15, 0.2) is 22.7 Å². The van der Waals surface area contributed by atoms with Crippen molar-refractivity contribution in [2.75, 3.05) is 6.54 Å². The number of alkyl halides is 3. The smallest absolute Gasteiger partial charge is 0.329 e. The minimum Gasteiger partial charge on any atom is -0.329 e. The summed E-state index contributed by atoms with van der Waals surface area (Å²) in [6.07, 6.45) is -4.34. The maximum atomic E-state index is 12.6. The van der Waals surface area contributed by atoms with E-state index in [1.165, 1.54) is 6.07 Å². The van der Waals surface area contributed by atoms with Crippen molar-refractivity contribution in [2.24, 2.45) is 5.73 Å². The molecule has 0 bridgehead atoms. The summed E-state index contributed by atoms with van der Waals surface area (Å²) < 4.78 is 37.9.